The zero-order valence-electron chi connectivity index (χ0n) is 14.9. The summed E-state index contributed by atoms with van der Waals surface area (Å²) in [4.78, 5) is 19.1. The van der Waals surface area contributed by atoms with E-state index >= 15 is 0 Å². The van der Waals surface area contributed by atoms with E-state index in [1.165, 1.54) is 6.07 Å². The SMILES string of the molecule is NCc1ccc(C(=O)N2CCC3(CC2)N=C(N)c2c(F)cccc2N3)cc1. The second-order valence-corrected chi connectivity index (χ2v) is 7.01. The largest absolute Gasteiger partial charge is 0.383 e. The van der Waals surface area contributed by atoms with Crippen molar-refractivity contribution in [1.29, 1.82) is 0 Å². The number of halogens is 1. The number of nitrogens with two attached hydrogens (primary N) is 2. The molecule has 1 fully saturated rings. The van der Waals surface area contributed by atoms with E-state index in [-0.39, 0.29) is 17.6 Å². The van der Waals surface area contributed by atoms with Crippen molar-refractivity contribution in [2.24, 2.45) is 16.5 Å². The first-order valence-electron chi connectivity index (χ1n) is 9.02. The number of carbonyl (C=O) groups excluding carboxylic acids is 1. The summed E-state index contributed by atoms with van der Waals surface area (Å²) in [7, 11) is 0. The summed E-state index contributed by atoms with van der Waals surface area (Å²) < 4.78 is 14.0. The van der Waals surface area contributed by atoms with Gasteiger partial charge in [0.1, 0.15) is 17.3 Å². The molecule has 1 amide bonds. The number of anilines is 1. The van der Waals surface area contributed by atoms with Crippen LogP contribution >= 0.6 is 0 Å². The molecule has 0 saturated carbocycles. The van der Waals surface area contributed by atoms with Gasteiger partial charge >= 0.3 is 0 Å². The molecule has 2 aliphatic heterocycles. The fourth-order valence-corrected chi connectivity index (χ4v) is 3.74. The van der Waals surface area contributed by atoms with Crippen LogP contribution in [0, 0.1) is 5.82 Å². The van der Waals surface area contributed by atoms with Crippen molar-refractivity contribution in [1.82, 2.24) is 4.90 Å². The van der Waals surface area contributed by atoms with E-state index in [2.05, 4.69) is 10.3 Å². The van der Waals surface area contributed by atoms with Gasteiger partial charge in [-0.25, -0.2) is 9.38 Å². The number of rotatable bonds is 2. The number of amidine groups is 1. The van der Waals surface area contributed by atoms with Crippen LogP contribution in [0.1, 0.15) is 34.3 Å². The molecule has 2 heterocycles. The Bertz CT molecular complexity index is 901. The number of hydrogen-bond donors (Lipinski definition) is 3. The van der Waals surface area contributed by atoms with Gasteiger partial charge in [-0.2, -0.15) is 0 Å². The quantitative estimate of drug-likeness (QED) is 0.757. The fourth-order valence-electron chi connectivity index (χ4n) is 3.74. The van der Waals surface area contributed by atoms with E-state index in [1.807, 2.05) is 29.2 Å². The molecular weight excluding hydrogens is 345 g/mol. The Kier molecular flexibility index (Phi) is 4.31. The van der Waals surface area contributed by atoms with E-state index in [0.29, 0.717) is 49.3 Å². The van der Waals surface area contributed by atoms with Gasteiger partial charge in [0.2, 0.25) is 0 Å². The lowest BCUT2D eigenvalue weighted by molar-refractivity contribution is 0.0685. The predicted molar refractivity (Wildman–Crippen MR) is 103 cm³/mol. The van der Waals surface area contributed by atoms with Crippen LogP contribution in [0.15, 0.2) is 47.5 Å². The highest BCUT2D eigenvalue weighted by Gasteiger charge is 2.39. The molecule has 2 aromatic rings. The molecule has 2 aromatic carbocycles. The molecule has 0 atom stereocenters. The van der Waals surface area contributed by atoms with E-state index in [4.69, 9.17) is 11.5 Å². The second-order valence-electron chi connectivity index (χ2n) is 7.01. The zero-order valence-corrected chi connectivity index (χ0v) is 14.9. The highest BCUT2D eigenvalue weighted by atomic mass is 19.1. The maximum absolute atomic E-state index is 14.0. The van der Waals surface area contributed by atoms with E-state index in [1.54, 1.807) is 12.1 Å². The lowest BCUT2D eigenvalue weighted by Gasteiger charge is -2.42. The molecule has 27 heavy (non-hydrogen) atoms. The van der Waals surface area contributed by atoms with Gasteiger partial charge in [0.15, 0.2) is 0 Å². The molecule has 5 N–H and O–H groups in total. The number of piperidine rings is 1. The summed E-state index contributed by atoms with van der Waals surface area (Å²) in [6.07, 6.45) is 1.21. The summed E-state index contributed by atoms with van der Waals surface area (Å²) in [5.74, 6) is -0.184. The minimum Gasteiger partial charge on any atom is -0.383 e. The van der Waals surface area contributed by atoms with Crippen molar-refractivity contribution >= 4 is 17.4 Å². The third-order valence-electron chi connectivity index (χ3n) is 5.29. The van der Waals surface area contributed by atoms with Crippen molar-refractivity contribution in [3.05, 3.63) is 65.0 Å². The predicted octanol–water partition coefficient (Wildman–Crippen LogP) is 2.05. The second kappa shape index (κ2) is 6.66. The van der Waals surface area contributed by atoms with Crippen LogP contribution in [0.3, 0.4) is 0 Å². The lowest BCUT2D eigenvalue weighted by Crippen LogP contribution is -2.52. The first-order valence-corrected chi connectivity index (χ1v) is 9.02. The standard InChI is InChI=1S/C20H22FN5O/c21-15-2-1-3-16-17(15)18(23)25-20(24-16)8-10-26(11-9-20)19(27)14-6-4-13(12-22)5-7-14/h1-7,24H,8-12,22H2,(H2,23,25). The van der Waals surface area contributed by atoms with Gasteiger partial charge in [-0.1, -0.05) is 18.2 Å². The molecule has 0 bridgehead atoms. The fraction of sp³-hybridized carbons (Fsp3) is 0.300. The van der Waals surface area contributed by atoms with E-state index < -0.39 is 5.66 Å². The Hall–Kier alpha value is -2.93. The maximum Gasteiger partial charge on any atom is 0.253 e. The monoisotopic (exact) mass is 367 g/mol. The van der Waals surface area contributed by atoms with Crippen LogP contribution in [0.4, 0.5) is 10.1 Å². The lowest BCUT2D eigenvalue weighted by atomic mass is 9.93. The van der Waals surface area contributed by atoms with E-state index in [0.717, 1.165) is 5.56 Å². The molecule has 4 rings (SSSR count). The molecule has 2 aliphatic rings. The zero-order chi connectivity index (χ0) is 19.0. The summed E-state index contributed by atoms with van der Waals surface area (Å²) in [6, 6.07) is 12.2. The number of nitrogens with zero attached hydrogens (tertiary/aromatic N) is 2. The molecule has 0 radical (unpaired) electrons. The smallest absolute Gasteiger partial charge is 0.253 e. The topological polar surface area (TPSA) is 96.7 Å². The average molecular weight is 367 g/mol. The van der Waals surface area contributed by atoms with Crippen LogP contribution in [0.5, 0.6) is 0 Å². The number of aliphatic imine (C=N–C) groups is 1. The molecule has 0 unspecified atom stereocenters. The minimum absolute atomic E-state index is 0.00683. The molecule has 1 saturated heterocycles. The normalized spacial score (nSPS) is 17.9. The Morgan fingerprint density at radius 1 is 1.19 bits per heavy atom. The first kappa shape index (κ1) is 17.5. The Labute approximate surface area is 157 Å². The van der Waals surface area contributed by atoms with Gasteiger partial charge < -0.3 is 21.7 Å². The summed E-state index contributed by atoms with van der Waals surface area (Å²) in [6.45, 7) is 1.55. The van der Waals surface area contributed by atoms with Crippen LogP contribution in [0.25, 0.3) is 0 Å². The highest BCUT2D eigenvalue weighted by molar-refractivity contribution is 6.04. The van der Waals surface area contributed by atoms with Crippen LogP contribution < -0.4 is 16.8 Å². The van der Waals surface area contributed by atoms with Gasteiger partial charge in [-0.15, -0.1) is 0 Å². The van der Waals surface area contributed by atoms with Gasteiger partial charge in [0.05, 0.1) is 5.56 Å². The summed E-state index contributed by atoms with van der Waals surface area (Å²) >= 11 is 0. The molecule has 6 nitrogen and oxygen atoms in total. The highest BCUT2D eigenvalue weighted by Crippen LogP contribution is 2.35. The Balaban J connectivity index is 1.49. The van der Waals surface area contributed by atoms with Crippen molar-refractivity contribution in [2.45, 2.75) is 25.0 Å². The van der Waals surface area contributed by atoms with Gasteiger partial charge in [-0.05, 0) is 29.8 Å². The molecule has 0 aromatic heterocycles. The average Bonchev–Trinajstić information content (AvgIpc) is 2.68. The number of amides is 1. The molecule has 1 spiro atoms. The van der Waals surface area contributed by atoms with E-state index in [9.17, 15) is 9.18 Å². The minimum atomic E-state index is -0.592. The maximum atomic E-state index is 14.0. The van der Waals surface area contributed by atoms with Gasteiger partial charge in [0.25, 0.3) is 5.91 Å². The Morgan fingerprint density at radius 2 is 1.89 bits per heavy atom. The summed E-state index contributed by atoms with van der Waals surface area (Å²) in [5, 5.41) is 3.34. The van der Waals surface area contributed by atoms with Gasteiger partial charge in [0, 0.05) is 43.7 Å². The number of benzene rings is 2. The van der Waals surface area contributed by atoms with Crippen molar-refractivity contribution in [3.8, 4) is 0 Å². The third-order valence-corrected chi connectivity index (χ3v) is 5.29. The van der Waals surface area contributed by atoms with Crippen LogP contribution in [-0.2, 0) is 6.54 Å². The van der Waals surface area contributed by atoms with Crippen LogP contribution in [0.2, 0.25) is 0 Å². The molecule has 0 aliphatic carbocycles. The van der Waals surface area contributed by atoms with Gasteiger partial charge in [-0.3, -0.25) is 4.79 Å². The number of likely N-dealkylation sites (tertiary alicyclic amines) is 1. The molecule has 140 valence electrons. The number of carbonyl (C=O) groups is 1. The third kappa shape index (κ3) is 3.14. The first-order chi connectivity index (χ1) is 13.0. The number of hydrogen-bond acceptors (Lipinski definition) is 5. The number of fused-ring (bicyclic) bond motifs is 1. The van der Waals surface area contributed by atoms with Crippen molar-refractivity contribution < 1.29 is 9.18 Å². The number of nitrogens with one attached hydrogen (secondary N) is 1. The summed E-state index contributed by atoms with van der Waals surface area (Å²) in [5.41, 5.74) is 13.7. The molecule has 7 heteroatoms. The van der Waals surface area contributed by atoms with Crippen molar-refractivity contribution in [3.63, 3.8) is 0 Å². The Morgan fingerprint density at radius 3 is 2.56 bits per heavy atom. The van der Waals surface area contributed by atoms with Crippen molar-refractivity contribution in [2.75, 3.05) is 18.4 Å². The molecular formula is C20H22FN5O. The van der Waals surface area contributed by atoms with Crippen LogP contribution in [-0.4, -0.2) is 35.4 Å².